The van der Waals surface area contributed by atoms with Crippen LogP contribution in [0.25, 0.3) is 6.08 Å². The van der Waals surface area contributed by atoms with Gasteiger partial charge in [-0.25, -0.2) is 0 Å². The fraction of sp³-hybridized carbons (Fsp3) is 0.448. The highest BCUT2D eigenvalue weighted by atomic mass is 32.2. The van der Waals surface area contributed by atoms with Gasteiger partial charge < -0.3 is 14.8 Å². The molecule has 0 radical (unpaired) electrons. The minimum atomic E-state index is -0.332. The van der Waals surface area contributed by atoms with Gasteiger partial charge in [-0.2, -0.15) is 5.26 Å². The van der Waals surface area contributed by atoms with Crippen molar-refractivity contribution in [3.63, 3.8) is 0 Å². The lowest BCUT2D eigenvalue weighted by atomic mass is 10.0. The van der Waals surface area contributed by atoms with Crippen LogP contribution in [0.3, 0.4) is 0 Å². The van der Waals surface area contributed by atoms with Crippen molar-refractivity contribution in [3.05, 3.63) is 55.7 Å². The fourth-order valence-electron chi connectivity index (χ4n) is 4.40. The summed E-state index contributed by atoms with van der Waals surface area (Å²) in [6.07, 6.45) is 4.08. The van der Waals surface area contributed by atoms with E-state index >= 15 is 0 Å². The molecule has 0 bridgehead atoms. The average Bonchev–Trinajstić information content (AvgIpc) is 3.17. The summed E-state index contributed by atoms with van der Waals surface area (Å²) in [5.41, 5.74) is 1.98. The third-order valence-electron chi connectivity index (χ3n) is 6.46. The van der Waals surface area contributed by atoms with Crippen molar-refractivity contribution in [3.8, 4) is 17.6 Å². The summed E-state index contributed by atoms with van der Waals surface area (Å²) >= 11 is 6.75. The summed E-state index contributed by atoms with van der Waals surface area (Å²) in [5, 5.41) is 13.3. The third-order valence-corrected chi connectivity index (χ3v) is 7.84. The van der Waals surface area contributed by atoms with Crippen LogP contribution in [-0.2, 0) is 17.8 Å². The Morgan fingerprint density at radius 2 is 1.92 bits per heavy atom. The Morgan fingerprint density at radius 1 is 1.21 bits per heavy atom. The van der Waals surface area contributed by atoms with Crippen molar-refractivity contribution in [2.45, 2.75) is 53.5 Å². The van der Waals surface area contributed by atoms with Crippen LogP contribution in [0.4, 0.5) is 5.82 Å². The molecule has 1 aliphatic rings. The predicted octanol–water partition coefficient (Wildman–Crippen LogP) is 5.36. The molecule has 0 atom stereocenters. The summed E-state index contributed by atoms with van der Waals surface area (Å²) < 4.78 is 12.9. The molecular weight excluding hydrogens is 532 g/mol. The Hall–Kier alpha value is -3.29. The van der Waals surface area contributed by atoms with E-state index in [4.69, 9.17) is 21.7 Å². The number of aromatic nitrogens is 1. The number of rotatable bonds is 12. The minimum absolute atomic E-state index is 0.0838. The van der Waals surface area contributed by atoms with Crippen LogP contribution >= 0.6 is 24.0 Å². The van der Waals surface area contributed by atoms with E-state index in [0.717, 1.165) is 18.4 Å². The molecule has 1 saturated heterocycles. The number of benzene rings is 1. The first-order chi connectivity index (χ1) is 18.7. The van der Waals surface area contributed by atoms with Crippen LogP contribution in [0, 0.1) is 24.2 Å². The predicted molar refractivity (Wildman–Crippen MR) is 162 cm³/mol. The molecule has 3 rings (SSSR count). The Bertz CT molecular complexity index is 1370. The Balaban J connectivity index is 2.05. The summed E-state index contributed by atoms with van der Waals surface area (Å²) in [5.74, 6) is 2.01. The standard InChI is InChI=1S/C29H36N4O4S2/c1-7-8-13-32-26(31-12-11-20-9-10-23(36-5)24(14-20)37-6)21(19(4)22(16-30)27(32)34)15-25-28(35)33(17-18(2)3)29(38)39-25/h9-10,14-15,18,31H,7-8,11-13,17H2,1-6H3/b25-15+. The second-order valence-corrected chi connectivity index (χ2v) is 11.4. The van der Waals surface area contributed by atoms with Crippen LogP contribution in [0.2, 0.25) is 0 Å². The molecule has 1 amide bonds. The maximum Gasteiger partial charge on any atom is 0.270 e. The highest BCUT2D eigenvalue weighted by Crippen LogP contribution is 2.35. The lowest BCUT2D eigenvalue weighted by Gasteiger charge is -2.20. The van der Waals surface area contributed by atoms with Crippen LogP contribution in [0.5, 0.6) is 11.5 Å². The van der Waals surface area contributed by atoms with Gasteiger partial charge in [-0.1, -0.05) is 57.2 Å². The summed E-state index contributed by atoms with van der Waals surface area (Å²) in [4.78, 5) is 28.7. The highest BCUT2D eigenvalue weighted by molar-refractivity contribution is 8.26. The fourth-order valence-corrected chi connectivity index (χ4v) is 5.65. The van der Waals surface area contributed by atoms with E-state index in [1.165, 1.54) is 11.8 Å². The summed E-state index contributed by atoms with van der Waals surface area (Å²) in [7, 11) is 3.20. The number of nitriles is 1. The van der Waals surface area contributed by atoms with Gasteiger partial charge in [-0.3, -0.25) is 19.1 Å². The monoisotopic (exact) mass is 568 g/mol. The zero-order chi connectivity index (χ0) is 28.7. The van der Waals surface area contributed by atoms with Crippen molar-refractivity contribution < 1.29 is 14.3 Å². The van der Waals surface area contributed by atoms with E-state index in [-0.39, 0.29) is 22.9 Å². The molecule has 10 heteroatoms. The number of thiocarbonyl (C=S) groups is 1. The number of hydrogen-bond acceptors (Lipinski definition) is 8. The molecule has 0 unspecified atom stereocenters. The van der Waals surface area contributed by atoms with Crippen LogP contribution in [0.15, 0.2) is 27.9 Å². The lowest BCUT2D eigenvalue weighted by molar-refractivity contribution is -0.122. The molecular formula is C29H36N4O4S2. The van der Waals surface area contributed by atoms with Crippen molar-refractivity contribution in [1.29, 1.82) is 5.26 Å². The second kappa shape index (κ2) is 13.7. The molecule has 1 aliphatic heterocycles. The molecule has 1 fully saturated rings. The molecule has 2 aromatic rings. The van der Waals surface area contributed by atoms with E-state index in [1.54, 1.807) is 36.7 Å². The highest BCUT2D eigenvalue weighted by Gasteiger charge is 2.33. The molecule has 2 heterocycles. The molecule has 208 valence electrons. The van der Waals surface area contributed by atoms with E-state index in [9.17, 15) is 14.9 Å². The van der Waals surface area contributed by atoms with E-state index in [1.807, 2.05) is 32.0 Å². The number of hydrogen-bond donors (Lipinski definition) is 1. The van der Waals surface area contributed by atoms with Gasteiger partial charge in [0.05, 0.1) is 19.1 Å². The van der Waals surface area contributed by atoms with Crippen LogP contribution in [0.1, 0.15) is 55.9 Å². The second-order valence-electron chi connectivity index (χ2n) is 9.74. The molecule has 0 spiro atoms. The first kappa shape index (κ1) is 30.3. The number of thioether (sulfide) groups is 1. The van der Waals surface area contributed by atoms with Crippen molar-refractivity contribution >= 4 is 46.1 Å². The van der Waals surface area contributed by atoms with Gasteiger partial charge in [0, 0.05) is 25.2 Å². The Labute approximate surface area is 240 Å². The maximum atomic E-state index is 13.4. The Kier molecular flexibility index (Phi) is 10.6. The number of carbonyl (C=O) groups is 1. The molecule has 1 aromatic carbocycles. The lowest BCUT2D eigenvalue weighted by Crippen LogP contribution is -2.31. The first-order valence-electron chi connectivity index (χ1n) is 13.0. The van der Waals surface area contributed by atoms with E-state index in [2.05, 4.69) is 18.3 Å². The normalized spacial score (nSPS) is 14.3. The molecule has 1 N–H and O–H groups in total. The SMILES string of the molecule is CCCCn1c(NCCc2ccc(OC)c(OC)c2)c(/C=C2/SC(=S)N(CC(C)C)C2=O)c(C)c(C#N)c1=O. The number of anilines is 1. The molecule has 0 saturated carbocycles. The van der Waals surface area contributed by atoms with Gasteiger partial charge in [-0.15, -0.1) is 0 Å². The minimum Gasteiger partial charge on any atom is -0.493 e. The largest absolute Gasteiger partial charge is 0.493 e. The van der Waals surface area contributed by atoms with Crippen LogP contribution < -0.4 is 20.3 Å². The molecule has 39 heavy (non-hydrogen) atoms. The van der Waals surface area contributed by atoms with Gasteiger partial charge in [0.2, 0.25) is 0 Å². The number of carbonyl (C=O) groups excluding carboxylic acids is 1. The van der Waals surface area contributed by atoms with E-state index in [0.29, 0.717) is 63.7 Å². The number of nitrogens with one attached hydrogen (secondary N) is 1. The van der Waals surface area contributed by atoms with Gasteiger partial charge >= 0.3 is 0 Å². The quantitative estimate of drug-likeness (QED) is 0.270. The van der Waals surface area contributed by atoms with E-state index < -0.39 is 0 Å². The molecule has 8 nitrogen and oxygen atoms in total. The molecule has 1 aromatic heterocycles. The van der Waals surface area contributed by atoms with Gasteiger partial charge in [0.25, 0.3) is 11.5 Å². The number of ether oxygens (including phenoxy) is 2. The number of methoxy groups -OCH3 is 2. The number of amides is 1. The van der Waals surface area contributed by atoms with Crippen molar-refractivity contribution in [2.75, 3.05) is 32.6 Å². The Morgan fingerprint density at radius 3 is 2.54 bits per heavy atom. The van der Waals surface area contributed by atoms with Gasteiger partial charge in [0.15, 0.2) is 11.5 Å². The summed E-state index contributed by atoms with van der Waals surface area (Å²) in [6, 6.07) is 7.85. The number of pyridine rings is 1. The maximum absolute atomic E-state index is 13.4. The summed E-state index contributed by atoms with van der Waals surface area (Å²) in [6.45, 7) is 9.39. The first-order valence-corrected chi connectivity index (χ1v) is 14.3. The number of nitrogens with zero attached hydrogens (tertiary/aromatic N) is 3. The zero-order valence-corrected chi connectivity index (χ0v) is 25.1. The number of unbranched alkanes of at least 4 members (excludes halogenated alkanes) is 1. The molecule has 0 aliphatic carbocycles. The topological polar surface area (TPSA) is 96.6 Å². The average molecular weight is 569 g/mol. The van der Waals surface area contributed by atoms with Crippen molar-refractivity contribution in [2.24, 2.45) is 5.92 Å². The van der Waals surface area contributed by atoms with Crippen LogP contribution in [-0.4, -0.2) is 47.0 Å². The van der Waals surface area contributed by atoms with Crippen molar-refractivity contribution in [1.82, 2.24) is 9.47 Å². The zero-order valence-electron chi connectivity index (χ0n) is 23.4. The van der Waals surface area contributed by atoms with Gasteiger partial charge in [0.1, 0.15) is 21.8 Å². The third kappa shape index (κ3) is 6.84. The van der Waals surface area contributed by atoms with Gasteiger partial charge in [-0.05, 0) is 55.0 Å². The smallest absolute Gasteiger partial charge is 0.270 e.